The molecule has 0 atom stereocenters. The number of nitrogen functional groups attached to an aromatic ring is 1. The second-order valence-corrected chi connectivity index (χ2v) is 5.26. The highest BCUT2D eigenvalue weighted by molar-refractivity contribution is 6.32. The third kappa shape index (κ3) is 4.03. The Labute approximate surface area is 118 Å². The molecule has 1 aromatic carbocycles. The Hall–Kier alpha value is -1.42. The van der Waals surface area contributed by atoms with Gasteiger partial charge in [-0.2, -0.15) is 0 Å². The number of anilines is 1. The number of nitrogens with two attached hydrogens (primary N) is 1. The molecule has 4 nitrogen and oxygen atoms in total. The minimum absolute atomic E-state index is 0.0512. The summed E-state index contributed by atoms with van der Waals surface area (Å²) in [5, 5.41) is 3.40. The van der Waals surface area contributed by atoms with E-state index in [2.05, 4.69) is 5.32 Å². The van der Waals surface area contributed by atoms with Crippen LogP contribution in [0.5, 0.6) is 5.75 Å². The lowest BCUT2D eigenvalue weighted by Crippen LogP contribution is -2.39. The molecule has 0 aliphatic heterocycles. The summed E-state index contributed by atoms with van der Waals surface area (Å²) in [5.41, 5.74) is 6.19. The highest BCUT2D eigenvalue weighted by atomic mass is 35.5. The lowest BCUT2D eigenvalue weighted by Gasteiger charge is -2.22. The second-order valence-electron chi connectivity index (χ2n) is 4.85. The van der Waals surface area contributed by atoms with Crippen LogP contribution in [-0.4, -0.2) is 18.6 Å². The van der Waals surface area contributed by atoms with Gasteiger partial charge in [-0.3, -0.25) is 4.79 Å². The predicted octanol–water partition coefficient (Wildman–Crippen LogP) is 2.75. The largest absolute Gasteiger partial charge is 0.480 e. The van der Waals surface area contributed by atoms with E-state index in [9.17, 15) is 4.79 Å². The molecule has 1 saturated carbocycles. The summed E-state index contributed by atoms with van der Waals surface area (Å²) >= 11 is 5.97. The fraction of sp³-hybridized carbons (Fsp3) is 0.500. The van der Waals surface area contributed by atoms with Gasteiger partial charge in [-0.05, 0) is 25.0 Å². The highest BCUT2D eigenvalue weighted by Crippen LogP contribution is 2.30. The van der Waals surface area contributed by atoms with E-state index in [-0.39, 0.29) is 18.6 Å². The van der Waals surface area contributed by atoms with E-state index < -0.39 is 0 Å². The summed E-state index contributed by atoms with van der Waals surface area (Å²) in [4.78, 5) is 11.8. The number of para-hydroxylation sites is 1. The minimum Gasteiger partial charge on any atom is -0.480 e. The third-order valence-electron chi connectivity index (χ3n) is 3.32. The molecule has 19 heavy (non-hydrogen) atoms. The van der Waals surface area contributed by atoms with E-state index in [0.29, 0.717) is 16.5 Å². The van der Waals surface area contributed by atoms with Crippen LogP contribution in [0, 0.1) is 0 Å². The number of carbonyl (C=O) groups is 1. The number of hydrogen-bond donors (Lipinski definition) is 2. The average Bonchev–Trinajstić information content (AvgIpc) is 2.39. The number of ether oxygens (including phenoxy) is 1. The van der Waals surface area contributed by atoms with Crippen LogP contribution in [0.25, 0.3) is 0 Å². The SMILES string of the molecule is Nc1cccc(Cl)c1OCC(=O)NC1CCCCC1. The molecule has 0 aromatic heterocycles. The lowest BCUT2D eigenvalue weighted by molar-refractivity contribution is -0.124. The molecule has 3 N–H and O–H groups in total. The third-order valence-corrected chi connectivity index (χ3v) is 3.61. The summed E-state index contributed by atoms with van der Waals surface area (Å²) in [6, 6.07) is 5.41. The topological polar surface area (TPSA) is 64.3 Å². The van der Waals surface area contributed by atoms with E-state index in [0.717, 1.165) is 12.8 Å². The van der Waals surface area contributed by atoms with Crippen molar-refractivity contribution in [3.05, 3.63) is 23.2 Å². The van der Waals surface area contributed by atoms with Crippen LogP contribution in [-0.2, 0) is 4.79 Å². The first-order valence-corrected chi connectivity index (χ1v) is 7.01. The van der Waals surface area contributed by atoms with Crippen molar-refractivity contribution in [2.75, 3.05) is 12.3 Å². The van der Waals surface area contributed by atoms with E-state index >= 15 is 0 Å². The quantitative estimate of drug-likeness (QED) is 0.835. The van der Waals surface area contributed by atoms with Gasteiger partial charge in [0.15, 0.2) is 12.4 Å². The van der Waals surface area contributed by atoms with Crippen molar-refractivity contribution in [3.63, 3.8) is 0 Å². The van der Waals surface area contributed by atoms with Gasteiger partial charge in [0.1, 0.15) is 0 Å². The summed E-state index contributed by atoms with van der Waals surface area (Å²) in [6.07, 6.45) is 5.74. The molecule has 5 heteroatoms. The zero-order chi connectivity index (χ0) is 13.7. The van der Waals surface area contributed by atoms with Crippen molar-refractivity contribution in [1.82, 2.24) is 5.32 Å². The van der Waals surface area contributed by atoms with Crippen LogP contribution in [0.3, 0.4) is 0 Å². The van der Waals surface area contributed by atoms with Gasteiger partial charge in [0.25, 0.3) is 5.91 Å². The molecule has 2 rings (SSSR count). The molecule has 1 aliphatic carbocycles. The molecule has 104 valence electrons. The first kappa shape index (κ1) is 14.0. The van der Waals surface area contributed by atoms with Crippen molar-refractivity contribution < 1.29 is 9.53 Å². The highest BCUT2D eigenvalue weighted by Gasteiger charge is 2.16. The van der Waals surface area contributed by atoms with Gasteiger partial charge < -0.3 is 15.8 Å². The van der Waals surface area contributed by atoms with E-state index in [1.54, 1.807) is 18.2 Å². The molecule has 0 saturated heterocycles. The number of halogens is 1. The fourth-order valence-electron chi connectivity index (χ4n) is 2.33. The van der Waals surface area contributed by atoms with Crippen LogP contribution >= 0.6 is 11.6 Å². The smallest absolute Gasteiger partial charge is 0.258 e. The van der Waals surface area contributed by atoms with Gasteiger partial charge in [0, 0.05) is 6.04 Å². The molecule has 1 aromatic rings. The molecular weight excluding hydrogens is 264 g/mol. The molecule has 0 heterocycles. The fourth-order valence-corrected chi connectivity index (χ4v) is 2.57. The Balaban J connectivity index is 1.83. The maximum atomic E-state index is 11.8. The summed E-state index contributed by atoms with van der Waals surface area (Å²) in [7, 11) is 0. The number of nitrogens with one attached hydrogen (secondary N) is 1. The Morgan fingerprint density at radius 2 is 2.11 bits per heavy atom. The van der Waals surface area contributed by atoms with Gasteiger partial charge in [-0.1, -0.05) is 36.9 Å². The first-order valence-electron chi connectivity index (χ1n) is 6.63. The van der Waals surface area contributed by atoms with Crippen LogP contribution in [0.2, 0.25) is 5.02 Å². The summed E-state index contributed by atoms with van der Waals surface area (Å²) in [6.45, 7) is -0.0512. The standard InChI is InChI=1S/C14H19ClN2O2/c15-11-7-4-8-12(16)14(11)19-9-13(18)17-10-5-2-1-3-6-10/h4,7-8,10H,1-3,5-6,9,16H2,(H,17,18). The predicted molar refractivity (Wildman–Crippen MR) is 76.4 cm³/mol. The molecule has 1 amide bonds. The number of carbonyl (C=O) groups excluding carboxylic acids is 1. The van der Waals surface area contributed by atoms with Crippen LogP contribution in [0.1, 0.15) is 32.1 Å². The van der Waals surface area contributed by atoms with Crippen molar-refractivity contribution in [2.24, 2.45) is 0 Å². The van der Waals surface area contributed by atoms with E-state index in [1.165, 1.54) is 19.3 Å². The average molecular weight is 283 g/mol. The molecule has 0 radical (unpaired) electrons. The summed E-state index contributed by atoms with van der Waals surface area (Å²) in [5.74, 6) is 0.259. The van der Waals surface area contributed by atoms with Gasteiger partial charge >= 0.3 is 0 Å². The second kappa shape index (κ2) is 6.66. The van der Waals surface area contributed by atoms with E-state index in [1.807, 2.05) is 0 Å². The van der Waals surface area contributed by atoms with Crippen LogP contribution in [0.15, 0.2) is 18.2 Å². The Morgan fingerprint density at radius 1 is 1.37 bits per heavy atom. The normalized spacial score (nSPS) is 16.1. The maximum Gasteiger partial charge on any atom is 0.258 e. The number of rotatable bonds is 4. The van der Waals surface area contributed by atoms with Crippen molar-refractivity contribution in [2.45, 2.75) is 38.1 Å². The molecular formula is C14H19ClN2O2. The zero-order valence-electron chi connectivity index (χ0n) is 10.8. The monoisotopic (exact) mass is 282 g/mol. The van der Waals surface area contributed by atoms with Gasteiger partial charge in [0.2, 0.25) is 0 Å². The molecule has 1 aliphatic rings. The lowest BCUT2D eigenvalue weighted by atomic mass is 9.95. The van der Waals surface area contributed by atoms with Crippen molar-refractivity contribution >= 4 is 23.2 Å². The Kier molecular flexibility index (Phi) is 4.91. The minimum atomic E-state index is -0.119. The Morgan fingerprint density at radius 3 is 2.79 bits per heavy atom. The van der Waals surface area contributed by atoms with Crippen molar-refractivity contribution in [1.29, 1.82) is 0 Å². The Bertz CT molecular complexity index is 425. The van der Waals surface area contributed by atoms with Crippen LogP contribution in [0.4, 0.5) is 5.69 Å². The number of benzene rings is 1. The zero-order valence-corrected chi connectivity index (χ0v) is 11.6. The maximum absolute atomic E-state index is 11.8. The molecule has 0 bridgehead atoms. The van der Waals surface area contributed by atoms with Gasteiger partial charge in [-0.25, -0.2) is 0 Å². The summed E-state index contributed by atoms with van der Waals surface area (Å²) < 4.78 is 5.40. The van der Waals surface area contributed by atoms with Gasteiger partial charge in [-0.15, -0.1) is 0 Å². The molecule has 1 fully saturated rings. The number of amides is 1. The van der Waals surface area contributed by atoms with E-state index in [4.69, 9.17) is 22.1 Å². The first-order chi connectivity index (χ1) is 9.16. The van der Waals surface area contributed by atoms with Crippen molar-refractivity contribution in [3.8, 4) is 5.75 Å². The molecule has 0 spiro atoms. The van der Waals surface area contributed by atoms with Gasteiger partial charge in [0.05, 0.1) is 10.7 Å². The molecule has 0 unspecified atom stereocenters. The number of hydrogen-bond acceptors (Lipinski definition) is 3. The van der Waals surface area contributed by atoms with Crippen LogP contribution < -0.4 is 15.8 Å².